The van der Waals surface area contributed by atoms with Crippen LogP contribution in [0.4, 0.5) is 4.79 Å². The fraction of sp³-hybridized carbons (Fsp3) is 0.562. The minimum absolute atomic E-state index is 0.141. The predicted molar refractivity (Wildman–Crippen MR) is 87.0 cm³/mol. The van der Waals surface area contributed by atoms with E-state index in [4.69, 9.17) is 10.00 Å². The number of ether oxygens (including phenoxy) is 1. The van der Waals surface area contributed by atoms with Gasteiger partial charge in [0, 0.05) is 18.8 Å². The molecule has 1 amide bonds. The van der Waals surface area contributed by atoms with Crippen LogP contribution >= 0.6 is 0 Å². The first-order chi connectivity index (χ1) is 11.1. The molecule has 8 heteroatoms. The van der Waals surface area contributed by atoms with Crippen molar-refractivity contribution in [2.75, 3.05) is 12.3 Å². The molecule has 1 aliphatic heterocycles. The lowest BCUT2D eigenvalue weighted by Gasteiger charge is -2.28. The third kappa shape index (κ3) is 4.45. The van der Waals surface area contributed by atoms with E-state index >= 15 is 0 Å². The Bertz CT molecular complexity index is 762. The first kappa shape index (κ1) is 18.2. The molecule has 0 aromatic carbocycles. The van der Waals surface area contributed by atoms with Crippen molar-refractivity contribution in [2.45, 2.75) is 50.3 Å². The number of sulfone groups is 1. The molecule has 7 nitrogen and oxygen atoms in total. The van der Waals surface area contributed by atoms with Gasteiger partial charge in [0.15, 0.2) is 14.9 Å². The zero-order chi connectivity index (χ0) is 18.0. The summed E-state index contributed by atoms with van der Waals surface area (Å²) in [6.45, 7) is 5.78. The Morgan fingerprint density at radius 2 is 2.21 bits per heavy atom. The molecule has 1 saturated heterocycles. The number of nitriles is 1. The first-order valence-electron chi connectivity index (χ1n) is 7.71. The summed E-state index contributed by atoms with van der Waals surface area (Å²) in [6.07, 6.45) is 2.12. The van der Waals surface area contributed by atoms with E-state index in [1.54, 1.807) is 20.8 Å². The van der Waals surface area contributed by atoms with Crippen molar-refractivity contribution >= 4 is 15.9 Å². The highest BCUT2D eigenvalue weighted by Crippen LogP contribution is 2.24. The van der Waals surface area contributed by atoms with E-state index in [2.05, 4.69) is 4.98 Å². The fourth-order valence-corrected chi connectivity index (χ4v) is 4.11. The van der Waals surface area contributed by atoms with Crippen molar-refractivity contribution < 1.29 is 17.9 Å². The maximum absolute atomic E-state index is 12.6. The van der Waals surface area contributed by atoms with Crippen LogP contribution in [0.3, 0.4) is 0 Å². The first-order valence-corrected chi connectivity index (χ1v) is 9.36. The summed E-state index contributed by atoms with van der Waals surface area (Å²) in [4.78, 5) is 17.6. The Hall–Kier alpha value is -2.14. The summed E-state index contributed by atoms with van der Waals surface area (Å²) in [7, 11) is -3.70. The molecule has 2 heterocycles. The quantitative estimate of drug-likeness (QED) is 0.827. The monoisotopic (exact) mass is 351 g/mol. The second-order valence-electron chi connectivity index (χ2n) is 6.75. The Labute approximate surface area is 142 Å². The predicted octanol–water partition coefficient (Wildman–Crippen LogP) is 2.13. The van der Waals surface area contributed by atoms with Crippen molar-refractivity contribution in [3.8, 4) is 6.07 Å². The van der Waals surface area contributed by atoms with Crippen molar-refractivity contribution in [3.05, 3.63) is 23.9 Å². The lowest BCUT2D eigenvalue weighted by molar-refractivity contribution is 0.0241. The molecule has 0 N–H and O–H groups in total. The van der Waals surface area contributed by atoms with E-state index in [1.807, 2.05) is 6.07 Å². The maximum atomic E-state index is 12.6. The molecule has 1 atom stereocenters. The summed E-state index contributed by atoms with van der Waals surface area (Å²) in [5.41, 5.74) is -0.398. The standard InChI is InChI=1S/C16H21N3O4S/c1-16(2,3)23-15(20)19-8-4-5-13(19)11-24(21,22)14-9-12(10-17)6-7-18-14/h6-7,9,13H,4-5,8,11H2,1-3H3/t13-/m1/s1. The second-order valence-corrected chi connectivity index (χ2v) is 8.73. The van der Waals surface area contributed by atoms with Crippen LogP contribution in [0.15, 0.2) is 23.4 Å². The summed E-state index contributed by atoms with van der Waals surface area (Å²) < 4.78 is 30.5. The summed E-state index contributed by atoms with van der Waals surface area (Å²) in [6, 6.07) is 4.15. The molecular weight excluding hydrogens is 330 g/mol. The van der Waals surface area contributed by atoms with Crippen molar-refractivity contribution in [1.29, 1.82) is 5.26 Å². The summed E-state index contributed by atoms with van der Waals surface area (Å²) in [5, 5.41) is 8.75. The van der Waals surface area contributed by atoms with E-state index < -0.39 is 27.6 Å². The van der Waals surface area contributed by atoms with Gasteiger partial charge in [-0.1, -0.05) is 0 Å². The highest BCUT2D eigenvalue weighted by atomic mass is 32.2. The average Bonchev–Trinajstić information content (AvgIpc) is 2.93. The number of aromatic nitrogens is 1. The van der Waals surface area contributed by atoms with E-state index in [9.17, 15) is 13.2 Å². The van der Waals surface area contributed by atoms with Gasteiger partial charge in [0.1, 0.15) is 5.60 Å². The van der Waals surface area contributed by atoms with Crippen LogP contribution in [0.5, 0.6) is 0 Å². The van der Waals surface area contributed by atoms with Gasteiger partial charge in [-0.3, -0.25) is 0 Å². The fourth-order valence-electron chi connectivity index (χ4n) is 2.56. The van der Waals surface area contributed by atoms with E-state index in [0.29, 0.717) is 13.0 Å². The molecule has 0 aliphatic carbocycles. The molecule has 24 heavy (non-hydrogen) atoms. The normalized spacial score (nSPS) is 18.2. The number of hydrogen-bond donors (Lipinski definition) is 0. The second kappa shape index (κ2) is 6.77. The van der Waals surface area contributed by atoms with Gasteiger partial charge in [-0.2, -0.15) is 5.26 Å². The van der Waals surface area contributed by atoms with Crippen LogP contribution in [-0.4, -0.2) is 48.3 Å². The van der Waals surface area contributed by atoms with Gasteiger partial charge < -0.3 is 9.64 Å². The molecule has 0 unspecified atom stereocenters. The molecule has 130 valence electrons. The van der Waals surface area contributed by atoms with Crippen LogP contribution in [0.2, 0.25) is 0 Å². The third-order valence-electron chi connectivity index (χ3n) is 3.60. The Balaban J connectivity index is 2.16. The molecular formula is C16H21N3O4S. The molecule has 0 saturated carbocycles. The van der Waals surface area contributed by atoms with E-state index in [1.165, 1.54) is 23.2 Å². The minimum Gasteiger partial charge on any atom is -0.444 e. The summed E-state index contributed by atoms with van der Waals surface area (Å²) in [5.74, 6) is -0.228. The van der Waals surface area contributed by atoms with Crippen molar-refractivity contribution in [1.82, 2.24) is 9.88 Å². The highest BCUT2D eigenvalue weighted by Gasteiger charge is 2.35. The van der Waals surface area contributed by atoms with Crippen LogP contribution in [-0.2, 0) is 14.6 Å². The number of hydrogen-bond acceptors (Lipinski definition) is 6. The molecule has 2 rings (SSSR count). The minimum atomic E-state index is -3.70. The zero-order valence-electron chi connectivity index (χ0n) is 14.0. The number of nitrogens with zero attached hydrogens (tertiary/aromatic N) is 3. The molecule has 0 spiro atoms. The van der Waals surface area contributed by atoms with Gasteiger partial charge in [-0.05, 0) is 45.7 Å². The lowest BCUT2D eigenvalue weighted by Crippen LogP contribution is -2.42. The van der Waals surface area contributed by atoms with Gasteiger partial charge in [-0.25, -0.2) is 18.2 Å². The van der Waals surface area contributed by atoms with Crippen molar-refractivity contribution in [2.24, 2.45) is 0 Å². The van der Waals surface area contributed by atoms with Crippen molar-refractivity contribution in [3.63, 3.8) is 0 Å². The number of carbonyl (C=O) groups is 1. The van der Waals surface area contributed by atoms with Gasteiger partial charge in [-0.15, -0.1) is 0 Å². The van der Waals surface area contributed by atoms with E-state index in [0.717, 1.165) is 6.42 Å². The number of pyridine rings is 1. The highest BCUT2D eigenvalue weighted by molar-refractivity contribution is 7.91. The molecule has 1 aromatic rings. The largest absolute Gasteiger partial charge is 0.444 e. The topological polar surface area (TPSA) is 100 Å². The number of likely N-dealkylation sites (tertiary alicyclic amines) is 1. The Morgan fingerprint density at radius 1 is 1.50 bits per heavy atom. The maximum Gasteiger partial charge on any atom is 0.410 e. The molecule has 1 aliphatic rings. The Morgan fingerprint density at radius 3 is 2.83 bits per heavy atom. The molecule has 0 radical (unpaired) electrons. The van der Waals surface area contributed by atoms with Crippen LogP contribution in [0, 0.1) is 11.3 Å². The van der Waals surface area contributed by atoms with Gasteiger partial charge in [0.25, 0.3) is 0 Å². The Kier molecular flexibility index (Phi) is 5.13. The lowest BCUT2D eigenvalue weighted by atomic mass is 10.2. The van der Waals surface area contributed by atoms with E-state index in [-0.39, 0.29) is 16.3 Å². The van der Waals surface area contributed by atoms with Gasteiger partial charge >= 0.3 is 6.09 Å². The number of rotatable bonds is 3. The van der Waals surface area contributed by atoms with Gasteiger partial charge in [0.05, 0.1) is 17.4 Å². The molecule has 1 aromatic heterocycles. The SMILES string of the molecule is CC(C)(C)OC(=O)N1CCC[C@@H]1CS(=O)(=O)c1cc(C#N)ccn1. The molecule has 1 fully saturated rings. The number of amides is 1. The zero-order valence-corrected chi connectivity index (χ0v) is 14.8. The smallest absolute Gasteiger partial charge is 0.410 e. The van der Waals surface area contributed by atoms with Gasteiger partial charge in [0.2, 0.25) is 0 Å². The average molecular weight is 351 g/mol. The van der Waals surface area contributed by atoms with Crippen LogP contribution < -0.4 is 0 Å². The van der Waals surface area contributed by atoms with Crippen LogP contribution in [0.25, 0.3) is 0 Å². The number of carbonyl (C=O) groups excluding carboxylic acids is 1. The van der Waals surface area contributed by atoms with Crippen LogP contribution in [0.1, 0.15) is 39.2 Å². The third-order valence-corrected chi connectivity index (χ3v) is 5.28. The summed E-state index contributed by atoms with van der Waals surface area (Å²) >= 11 is 0. The molecule has 0 bridgehead atoms.